The summed E-state index contributed by atoms with van der Waals surface area (Å²) in [7, 11) is 1.33. The first-order valence-corrected chi connectivity index (χ1v) is 10.3. The van der Waals surface area contributed by atoms with Crippen molar-refractivity contribution in [2.75, 3.05) is 13.7 Å². The Kier molecular flexibility index (Phi) is 6.30. The van der Waals surface area contributed by atoms with Gasteiger partial charge in [0.15, 0.2) is 6.61 Å². The van der Waals surface area contributed by atoms with Crippen molar-refractivity contribution in [2.45, 2.75) is 13.8 Å². The summed E-state index contributed by atoms with van der Waals surface area (Å²) < 4.78 is 13.3. The zero-order valence-electron chi connectivity index (χ0n) is 18.8. The van der Waals surface area contributed by atoms with Gasteiger partial charge in [-0.3, -0.25) is 4.79 Å². The van der Waals surface area contributed by atoms with E-state index in [1.54, 1.807) is 54.6 Å². The molecule has 2 heterocycles. The normalized spacial score (nSPS) is 10.7. The Morgan fingerprint density at radius 2 is 1.68 bits per heavy atom. The Hall–Kier alpha value is -4.60. The van der Waals surface area contributed by atoms with Crippen LogP contribution in [0.15, 0.2) is 60.9 Å². The van der Waals surface area contributed by atoms with Gasteiger partial charge in [0.25, 0.3) is 0 Å². The van der Waals surface area contributed by atoms with E-state index in [4.69, 9.17) is 9.47 Å². The molecule has 0 saturated carbocycles. The number of aromatic nitrogens is 5. The molecule has 0 fully saturated rings. The fourth-order valence-corrected chi connectivity index (χ4v) is 3.65. The van der Waals surface area contributed by atoms with Gasteiger partial charge >= 0.3 is 11.9 Å². The highest BCUT2D eigenvalue weighted by Gasteiger charge is 2.19. The van der Waals surface area contributed by atoms with E-state index in [0.29, 0.717) is 22.5 Å². The first-order chi connectivity index (χ1) is 16.4. The molecule has 4 aromatic rings. The number of hydrogen-bond donors (Lipinski definition) is 0. The summed E-state index contributed by atoms with van der Waals surface area (Å²) >= 11 is 0. The summed E-state index contributed by atoms with van der Waals surface area (Å²) in [5.41, 5.74) is 4.06. The first-order valence-electron chi connectivity index (χ1n) is 10.3. The molecule has 0 N–H and O–H groups in total. The topological polar surface area (TPSA) is 118 Å². The van der Waals surface area contributed by atoms with E-state index >= 15 is 0 Å². The van der Waals surface area contributed by atoms with Crippen LogP contribution >= 0.6 is 0 Å². The van der Waals surface area contributed by atoms with Crippen LogP contribution in [0.4, 0.5) is 0 Å². The van der Waals surface area contributed by atoms with E-state index in [9.17, 15) is 14.4 Å². The Morgan fingerprint density at radius 3 is 2.35 bits per heavy atom. The van der Waals surface area contributed by atoms with Crippen LogP contribution in [0.1, 0.15) is 42.5 Å². The summed E-state index contributed by atoms with van der Waals surface area (Å²) in [5.74, 6) is -1.38. The minimum absolute atomic E-state index is 0.275. The summed E-state index contributed by atoms with van der Waals surface area (Å²) in [6, 6.07) is 15.2. The van der Waals surface area contributed by atoms with Gasteiger partial charge in [0, 0.05) is 22.6 Å². The number of ether oxygens (including phenoxy) is 2. The summed E-state index contributed by atoms with van der Waals surface area (Å²) in [6.07, 6.45) is 1.41. The van der Waals surface area contributed by atoms with Gasteiger partial charge in [0.2, 0.25) is 5.78 Å². The number of esters is 2. The zero-order chi connectivity index (χ0) is 24.2. The molecule has 0 radical (unpaired) electrons. The van der Waals surface area contributed by atoms with Gasteiger partial charge in [-0.15, -0.1) is 5.10 Å². The lowest BCUT2D eigenvalue weighted by Gasteiger charge is -2.11. The fourth-order valence-electron chi connectivity index (χ4n) is 3.65. The van der Waals surface area contributed by atoms with Crippen molar-refractivity contribution in [1.29, 1.82) is 0 Å². The van der Waals surface area contributed by atoms with E-state index in [0.717, 1.165) is 11.4 Å². The van der Waals surface area contributed by atoms with Crippen LogP contribution in [0, 0.1) is 13.8 Å². The number of rotatable bonds is 7. The molecule has 0 aliphatic carbocycles. The maximum absolute atomic E-state index is 12.9. The Balaban J connectivity index is 1.47. The molecule has 0 unspecified atom stereocenters. The SMILES string of the molecule is COC(=O)c1ccc(-n2c(C)cc(C(=O)COC(=O)c3cccc(-n4cnnn4)c3)c2C)cc1. The van der Waals surface area contributed by atoms with Crippen LogP contribution in [-0.4, -0.2) is 56.2 Å². The van der Waals surface area contributed by atoms with E-state index in [1.165, 1.54) is 18.1 Å². The molecule has 0 saturated heterocycles. The van der Waals surface area contributed by atoms with Crippen LogP contribution in [0.3, 0.4) is 0 Å². The minimum atomic E-state index is -0.629. The molecule has 0 atom stereocenters. The van der Waals surface area contributed by atoms with Crippen LogP contribution in [0.25, 0.3) is 11.4 Å². The number of ketones is 1. The third-order valence-corrected chi connectivity index (χ3v) is 5.31. The smallest absolute Gasteiger partial charge is 0.338 e. The van der Waals surface area contributed by atoms with Gasteiger partial charge in [-0.2, -0.15) is 0 Å². The number of methoxy groups -OCH3 is 1. The number of Topliss-reactive ketones (excluding diaryl/α,β-unsaturated/α-hetero) is 1. The average molecular weight is 459 g/mol. The molecule has 10 heteroatoms. The number of carbonyl (C=O) groups is 3. The third kappa shape index (κ3) is 4.46. The highest BCUT2D eigenvalue weighted by Crippen LogP contribution is 2.22. The number of tetrazole rings is 1. The van der Waals surface area contributed by atoms with Crippen molar-refractivity contribution in [3.63, 3.8) is 0 Å². The second-order valence-corrected chi connectivity index (χ2v) is 7.46. The van der Waals surface area contributed by atoms with Gasteiger partial charge in [-0.05, 0) is 72.8 Å². The van der Waals surface area contributed by atoms with Gasteiger partial charge in [-0.1, -0.05) is 6.07 Å². The Bertz CT molecular complexity index is 1360. The lowest BCUT2D eigenvalue weighted by Crippen LogP contribution is -2.15. The molecule has 0 aliphatic rings. The molecular weight excluding hydrogens is 438 g/mol. The van der Waals surface area contributed by atoms with E-state index in [-0.39, 0.29) is 11.3 Å². The minimum Gasteiger partial charge on any atom is -0.465 e. The fraction of sp³-hybridized carbons (Fsp3) is 0.167. The van der Waals surface area contributed by atoms with Crippen LogP contribution < -0.4 is 0 Å². The van der Waals surface area contributed by atoms with E-state index in [1.807, 2.05) is 18.4 Å². The van der Waals surface area contributed by atoms with Crippen molar-refractivity contribution in [3.8, 4) is 11.4 Å². The number of nitrogens with zero attached hydrogens (tertiary/aromatic N) is 5. The molecule has 0 aliphatic heterocycles. The molecule has 0 bridgehead atoms. The van der Waals surface area contributed by atoms with Crippen molar-refractivity contribution in [2.24, 2.45) is 0 Å². The summed E-state index contributed by atoms with van der Waals surface area (Å²) in [6.45, 7) is 3.28. The maximum Gasteiger partial charge on any atom is 0.338 e. The highest BCUT2D eigenvalue weighted by molar-refractivity contribution is 6.00. The first kappa shape index (κ1) is 22.6. The number of benzene rings is 2. The predicted molar refractivity (Wildman–Crippen MR) is 120 cm³/mol. The van der Waals surface area contributed by atoms with Crippen molar-refractivity contribution >= 4 is 17.7 Å². The molecule has 10 nitrogen and oxygen atoms in total. The monoisotopic (exact) mass is 459 g/mol. The molecule has 34 heavy (non-hydrogen) atoms. The van der Waals surface area contributed by atoms with Crippen LogP contribution in [-0.2, 0) is 9.47 Å². The van der Waals surface area contributed by atoms with E-state index in [2.05, 4.69) is 15.5 Å². The zero-order valence-corrected chi connectivity index (χ0v) is 18.8. The van der Waals surface area contributed by atoms with Gasteiger partial charge in [0.05, 0.1) is 23.9 Å². The number of aryl methyl sites for hydroxylation is 1. The standard InChI is InChI=1S/C24H21N5O5/c1-15-11-21(16(2)29(15)19-9-7-17(8-10-19)23(31)33-3)22(30)13-34-24(32)18-5-4-6-20(12-18)28-14-25-26-27-28/h4-12,14H,13H2,1-3H3. The van der Waals surface area contributed by atoms with Gasteiger partial charge in [-0.25, -0.2) is 14.3 Å². The predicted octanol–water partition coefficient (Wildman–Crippen LogP) is 2.90. The van der Waals surface area contributed by atoms with Crippen LogP contribution in [0.5, 0.6) is 0 Å². The lowest BCUT2D eigenvalue weighted by atomic mass is 10.1. The lowest BCUT2D eigenvalue weighted by molar-refractivity contribution is 0.0474. The van der Waals surface area contributed by atoms with Crippen molar-refractivity contribution in [1.82, 2.24) is 24.8 Å². The maximum atomic E-state index is 12.9. The number of carbonyl (C=O) groups excluding carboxylic acids is 3. The average Bonchev–Trinajstić information content (AvgIpc) is 3.50. The Morgan fingerprint density at radius 1 is 0.912 bits per heavy atom. The van der Waals surface area contributed by atoms with E-state index < -0.39 is 18.5 Å². The van der Waals surface area contributed by atoms with Gasteiger partial charge in [0.1, 0.15) is 6.33 Å². The van der Waals surface area contributed by atoms with Crippen molar-refractivity contribution in [3.05, 3.63) is 89.0 Å². The molecule has 172 valence electrons. The summed E-state index contributed by atoms with van der Waals surface area (Å²) in [4.78, 5) is 37.0. The highest BCUT2D eigenvalue weighted by atomic mass is 16.5. The quantitative estimate of drug-likeness (QED) is 0.306. The molecule has 0 spiro atoms. The van der Waals surface area contributed by atoms with Gasteiger partial charge < -0.3 is 14.0 Å². The second kappa shape index (κ2) is 9.49. The van der Waals surface area contributed by atoms with Crippen molar-refractivity contribution < 1.29 is 23.9 Å². The van der Waals surface area contributed by atoms with Crippen LogP contribution in [0.2, 0.25) is 0 Å². The largest absolute Gasteiger partial charge is 0.465 e. The second-order valence-electron chi connectivity index (χ2n) is 7.46. The molecule has 0 amide bonds. The molecular formula is C24H21N5O5. The number of hydrogen-bond acceptors (Lipinski definition) is 8. The summed E-state index contributed by atoms with van der Waals surface area (Å²) in [5, 5.41) is 10.9. The molecule has 2 aromatic heterocycles. The third-order valence-electron chi connectivity index (χ3n) is 5.31. The Labute approximate surface area is 194 Å². The molecule has 4 rings (SSSR count). The molecule has 2 aromatic carbocycles.